The van der Waals surface area contributed by atoms with E-state index in [0.29, 0.717) is 21.7 Å². The van der Waals surface area contributed by atoms with Gasteiger partial charge in [-0.3, -0.25) is 29.5 Å². The second-order valence-corrected chi connectivity index (χ2v) is 10.3. The minimum Gasteiger partial charge on any atom is -0.300 e. The maximum atomic E-state index is 12.3. The van der Waals surface area contributed by atoms with E-state index in [1.807, 2.05) is 0 Å². The van der Waals surface area contributed by atoms with Crippen molar-refractivity contribution in [3.05, 3.63) is 58.6 Å². The molecule has 4 heterocycles. The first-order valence-electron chi connectivity index (χ1n) is 11.4. The quantitative estimate of drug-likeness (QED) is 0.352. The van der Waals surface area contributed by atoms with Gasteiger partial charge in [0.1, 0.15) is 10.0 Å². The molecule has 2 N–H and O–H groups in total. The molecule has 4 aromatic rings. The van der Waals surface area contributed by atoms with Gasteiger partial charge in [0, 0.05) is 49.0 Å². The summed E-state index contributed by atoms with van der Waals surface area (Å²) in [6.07, 6.45) is 13.5. The Morgan fingerprint density at radius 1 is 0.750 bits per heavy atom. The highest BCUT2D eigenvalue weighted by atomic mass is 32.1. The van der Waals surface area contributed by atoms with Crippen molar-refractivity contribution in [3.8, 4) is 0 Å². The van der Waals surface area contributed by atoms with E-state index in [1.165, 1.54) is 22.7 Å². The van der Waals surface area contributed by atoms with Gasteiger partial charge in [-0.2, -0.15) is 0 Å². The lowest BCUT2D eigenvalue weighted by Crippen LogP contribution is -2.15. The molecule has 2 atom stereocenters. The van der Waals surface area contributed by atoms with Crippen LogP contribution in [0.25, 0.3) is 0 Å². The Morgan fingerprint density at radius 2 is 1.25 bits per heavy atom. The molecule has 12 nitrogen and oxygen atoms in total. The number of nitrogens with one attached hydrogen (secondary N) is 2. The van der Waals surface area contributed by atoms with Crippen molar-refractivity contribution in [1.82, 2.24) is 40.3 Å². The minimum absolute atomic E-state index is 0.128. The van der Waals surface area contributed by atoms with E-state index in [1.54, 1.807) is 37.2 Å². The summed E-state index contributed by atoms with van der Waals surface area (Å²) in [5.41, 5.74) is 1.19. The number of carbonyl (C=O) groups excluding carboxylic acids is 2. The number of amides is 2. The summed E-state index contributed by atoms with van der Waals surface area (Å²) in [5.74, 6) is 0.0425. The van der Waals surface area contributed by atoms with Crippen LogP contribution in [0.4, 0.5) is 10.3 Å². The van der Waals surface area contributed by atoms with Crippen LogP contribution in [0, 0.1) is 0 Å². The van der Waals surface area contributed by atoms with Gasteiger partial charge in [-0.1, -0.05) is 29.1 Å². The van der Waals surface area contributed by atoms with Crippen LogP contribution in [0.5, 0.6) is 0 Å². The third-order valence-electron chi connectivity index (χ3n) is 5.66. The van der Waals surface area contributed by atoms with Crippen LogP contribution in [0.1, 0.15) is 58.9 Å². The first kappa shape index (κ1) is 23.9. The van der Waals surface area contributed by atoms with Gasteiger partial charge in [-0.05, 0) is 19.3 Å². The molecule has 14 heteroatoms. The number of carbonyl (C=O) groups is 2. The summed E-state index contributed by atoms with van der Waals surface area (Å²) in [6.45, 7) is 0. The first-order chi connectivity index (χ1) is 17.6. The maximum Gasteiger partial charge on any atom is 0.232 e. The summed E-state index contributed by atoms with van der Waals surface area (Å²) in [4.78, 5) is 40.8. The number of nitrogens with zero attached hydrogens (tertiary/aromatic N) is 8. The Labute approximate surface area is 214 Å². The third-order valence-corrected chi connectivity index (χ3v) is 7.67. The van der Waals surface area contributed by atoms with E-state index >= 15 is 0 Å². The number of aromatic nitrogens is 8. The zero-order valence-electron chi connectivity index (χ0n) is 19.1. The Morgan fingerprint density at radius 3 is 1.69 bits per heavy atom. The molecule has 0 saturated heterocycles. The lowest BCUT2D eigenvalue weighted by molar-refractivity contribution is -0.116. The van der Waals surface area contributed by atoms with Crippen molar-refractivity contribution in [2.75, 3.05) is 10.6 Å². The molecule has 0 aromatic carbocycles. The molecule has 1 aliphatic carbocycles. The number of anilines is 2. The van der Waals surface area contributed by atoms with Crippen LogP contribution >= 0.6 is 22.7 Å². The van der Waals surface area contributed by atoms with E-state index in [4.69, 9.17) is 0 Å². The zero-order valence-corrected chi connectivity index (χ0v) is 20.7. The number of hydrogen-bond acceptors (Lipinski definition) is 12. The molecular weight excluding hydrogens is 500 g/mol. The van der Waals surface area contributed by atoms with E-state index in [-0.39, 0.29) is 36.5 Å². The molecule has 4 aromatic heterocycles. The Kier molecular flexibility index (Phi) is 7.52. The monoisotopic (exact) mass is 522 g/mol. The predicted octanol–water partition coefficient (Wildman–Crippen LogP) is 2.77. The van der Waals surface area contributed by atoms with Gasteiger partial charge in [0.25, 0.3) is 0 Å². The SMILES string of the molecule is O=C(Cc1cnccn1)Nc1nnc([C@H]2CCC[C@H](c3nnc(NC(=O)Cc4cnccn4)s3)C2)s1. The lowest BCUT2D eigenvalue weighted by Gasteiger charge is -2.25. The molecule has 2 amide bonds. The van der Waals surface area contributed by atoms with Crippen LogP contribution in [0.15, 0.2) is 37.2 Å². The fourth-order valence-electron chi connectivity index (χ4n) is 4.04. The van der Waals surface area contributed by atoms with E-state index in [0.717, 1.165) is 35.7 Å². The Bertz CT molecular complexity index is 1210. The van der Waals surface area contributed by atoms with Crippen LogP contribution in [-0.2, 0) is 22.4 Å². The van der Waals surface area contributed by atoms with Crippen molar-refractivity contribution in [1.29, 1.82) is 0 Å². The van der Waals surface area contributed by atoms with E-state index in [9.17, 15) is 9.59 Å². The molecule has 0 bridgehead atoms. The van der Waals surface area contributed by atoms with Gasteiger partial charge in [0.15, 0.2) is 0 Å². The van der Waals surface area contributed by atoms with Gasteiger partial charge in [-0.15, -0.1) is 20.4 Å². The molecule has 36 heavy (non-hydrogen) atoms. The van der Waals surface area contributed by atoms with E-state index in [2.05, 4.69) is 51.0 Å². The van der Waals surface area contributed by atoms with Crippen LogP contribution in [0.3, 0.4) is 0 Å². The Balaban J connectivity index is 1.15. The highest BCUT2D eigenvalue weighted by molar-refractivity contribution is 7.15. The second kappa shape index (κ2) is 11.3. The van der Waals surface area contributed by atoms with E-state index < -0.39 is 0 Å². The van der Waals surface area contributed by atoms with Gasteiger partial charge < -0.3 is 10.6 Å². The molecule has 1 aliphatic rings. The predicted molar refractivity (Wildman–Crippen MR) is 132 cm³/mol. The molecule has 0 aliphatic heterocycles. The molecule has 0 unspecified atom stereocenters. The largest absolute Gasteiger partial charge is 0.300 e. The fraction of sp³-hybridized carbons (Fsp3) is 0.364. The number of hydrogen-bond donors (Lipinski definition) is 2. The van der Waals surface area contributed by atoms with Gasteiger partial charge >= 0.3 is 0 Å². The molecule has 5 rings (SSSR count). The molecule has 1 fully saturated rings. The first-order valence-corrected chi connectivity index (χ1v) is 13.0. The highest BCUT2D eigenvalue weighted by Gasteiger charge is 2.29. The smallest absolute Gasteiger partial charge is 0.232 e. The summed E-state index contributed by atoms with van der Waals surface area (Å²) in [6, 6.07) is 0. The third kappa shape index (κ3) is 6.26. The fourth-order valence-corrected chi connectivity index (χ4v) is 5.85. The van der Waals surface area contributed by atoms with Gasteiger partial charge in [0.05, 0.1) is 24.2 Å². The molecular formula is C22H22N10O2S2. The van der Waals surface area contributed by atoms with Crippen molar-refractivity contribution < 1.29 is 9.59 Å². The summed E-state index contributed by atoms with van der Waals surface area (Å²) in [7, 11) is 0. The van der Waals surface area contributed by atoms with Gasteiger partial charge in [0.2, 0.25) is 22.1 Å². The number of rotatable bonds is 8. The van der Waals surface area contributed by atoms with Crippen molar-refractivity contribution in [2.45, 2.75) is 50.4 Å². The summed E-state index contributed by atoms with van der Waals surface area (Å²) < 4.78 is 0. The van der Waals surface area contributed by atoms with Crippen molar-refractivity contribution in [3.63, 3.8) is 0 Å². The standard InChI is InChI=1S/C22H22N10O2S2/c33-17(9-15-11-23-4-6-25-15)27-21-31-29-19(35-21)13-2-1-3-14(8-13)20-30-32-22(36-20)28-18(34)10-16-12-24-5-7-26-16/h4-7,11-14H,1-3,8-10H2,(H,27,31,33)(H,28,32,34)/t13-,14-/m0/s1. The molecule has 184 valence electrons. The van der Waals surface area contributed by atoms with Gasteiger partial charge in [-0.25, -0.2) is 0 Å². The average Bonchev–Trinajstić information content (AvgIpc) is 3.55. The Hall–Kier alpha value is -3.78. The molecule has 0 spiro atoms. The zero-order chi connectivity index (χ0) is 24.7. The summed E-state index contributed by atoms with van der Waals surface area (Å²) in [5, 5.41) is 25.4. The topological polar surface area (TPSA) is 161 Å². The van der Waals surface area contributed by atoms with Crippen LogP contribution in [0.2, 0.25) is 0 Å². The lowest BCUT2D eigenvalue weighted by atomic mass is 9.82. The molecule has 0 radical (unpaired) electrons. The van der Waals surface area contributed by atoms with Crippen LogP contribution < -0.4 is 10.6 Å². The average molecular weight is 523 g/mol. The summed E-state index contributed by atoms with van der Waals surface area (Å²) >= 11 is 2.80. The van der Waals surface area contributed by atoms with Crippen LogP contribution in [-0.4, -0.2) is 52.1 Å². The normalized spacial score (nSPS) is 17.4. The highest BCUT2D eigenvalue weighted by Crippen LogP contribution is 2.43. The second-order valence-electron chi connectivity index (χ2n) is 8.29. The van der Waals surface area contributed by atoms with Crippen molar-refractivity contribution in [2.24, 2.45) is 0 Å². The minimum atomic E-state index is -0.206. The molecule has 1 saturated carbocycles. The maximum absolute atomic E-state index is 12.3. The van der Waals surface area contributed by atoms with Crippen molar-refractivity contribution >= 4 is 44.8 Å².